The van der Waals surface area contributed by atoms with Crippen LogP contribution in [-0.2, 0) is 0 Å². The Bertz CT molecular complexity index is 329. The monoisotopic (exact) mass is 239 g/mol. The highest BCUT2D eigenvalue weighted by atomic mass is 79.9. The minimum Gasteiger partial charge on any atom is -0.398 e. The van der Waals surface area contributed by atoms with Crippen LogP contribution in [0.15, 0.2) is 18.2 Å². The first-order chi connectivity index (χ1) is 6.15. The van der Waals surface area contributed by atoms with Crippen molar-refractivity contribution in [3.05, 3.63) is 34.9 Å². The van der Waals surface area contributed by atoms with Gasteiger partial charge in [0.2, 0.25) is 0 Å². The summed E-state index contributed by atoms with van der Waals surface area (Å²) in [5.74, 6) is 0. The molecule has 13 heavy (non-hydrogen) atoms. The smallest absolute Gasteiger partial charge is 0.0417 e. The molecule has 0 aliphatic heterocycles. The highest BCUT2D eigenvalue weighted by Crippen LogP contribution is 2.20. The van der Waals surface area contributed by atoms with Gasteiger partial charge in [-0.25, -0.2) is 0 Å². The second-order valence-electron chi connectivity index (χ2n) is 3.14. The number of alkyl halides is 1. The maximum absolute atomic E-state index is 5.93. The molecule has 2 heteroatoms. The van der Waals surface area contributed by atoms with Gasteiger partial charge in [-0.2, -0.15) is 0 Å². The van der Waals surface area contributed by atoms with Crippen molar-refractivity contribution >= 4 is 27.7 Å². The van der Waals surface area contributed by atoms with Gasteiger partial charge in [0.05, 0.1) is 0 Å². The minimum atomic E-state index is 0.861. The number of allylic oxidation sites excluding steroid dienone is 1. The number of nitrogens with two attached hydrogens (primary N) is 1. The Hall–Kier alpha value is -0.760. The van der Waals surface area contributed by atoms with Crippen molar-refractivity contribution in [2.75, 3.05) is 11.1 Å². The summed E-state index contributed by atoms with van der Waals surface area (Å²) in [5.41, 5.74) is 10.3. The van der Waals surface area contributed by atoms with Crippen LogP contribution in [0.3, 0.4) is 0 Å². The molecular weight excluding hydrogens is 226 g/mol. The van der Waals surface area contributed by atoms with Gasteiger partial charge in [-0.1, -0.05) is 39.7 Å². The lowest BCUT2D eigenvalue weighted by molar-refractivity contribution is 1.37. The molecule has 0 atom stereocenters. The number of hydrogen-bond donors (Lipinski definition) is 1. The summed E-state index contributed by atoms with van der Waals surface area (Å²) in [6.45, 7) is 4.12. The number of anilines is 1. The third kappa shape index (κ3) is 2.59. The van der Waals surface area contributed by atoms with E-state index in [1.165, 1.54) is 5.56 Å². The molecule has 0 unspecified atom stereocenters. The van der Waals surface area contributed by atoms with Crippen molar-refractivity contribution in [1.29, 1.82) is 0 Å². The molecule has 2 N–H and O–H groups in total. The fourth-order valence-corrected chi connectivity index (χ4v) is 1.51. The topological polar surface area (TPSA) is 26.0 Å². The fraction of sp³-hybridized carbons (Fsp3) is 0.273. The number of aryl methyl sites for hydroxylation is 2. The number of nitrogen functional groups attached to an aromatic ring is 1. The highest BCUT2D eigenvalue weighted by Gasteiger charge is 1.99. The number of hydrogen-bond acceptors (Lipinski definition) is 1. The first kappa shape index (κ1) is 10.3. The second kappa shape index (κ2) is 4.47. The van der Waals surface area contributed by atoms with Crippen LogP contribution in [0.4, 0.5) is 5.69 Å². The summed E-state index contributed by atoms with van der Waals surface area (Å²) in [7, 11) is 0. The van der Waals surface area contributed by atoms with E-state index in [4.69, 9.17) is 5.73 Å². The van der Waals surface area contributed by atoms with Crippen LogP contribution in [0.5, 0.6) is 0 Å². The molecule has 1 aromatic rings. The van der Waals surface area contributed by atoms with Gasteiger partial charge in [0, 0.05) is 11.0 Å². The van der Waals surface area contributed by atoms with Crippen LogP contribution >= 0.6 is 15.9 Å². The van der Waals surface area contributed by atoms with Crippen LogP contribution in [0.1, 0.15) is 16.7 Å². The first-order valence-corrected chi connectivity index (χ1v) is 5.36. The Morgan fingerprint density at radius 2 is 2.08 bits per heavy atom. The summed E-state index contributed by atoms with van der Waals surface area (Å²) in [4.78, 5) is 0. The molecule has 0 fully saturated rings. The van der Waals surface area contributed by atoms with E-state index in [9.17, 15) is 0 Å². The van der Waals surface area contributed by atoms with Crippen LogP contribution in [0.2, 0.25) is 0 Å². The lowest BCUT2D eigenvalue weighted by Gasteiger charge is -2.06. The number of benzene rings is 1. The molecule has 0 heterocycles. The average Bonchev–Trinajstić information content (AvgIpc) is 2.09. The van der Waals surface area contributed by atoms with E-state index in [1.807, 2.05) is 19.1 Å². The van der Waals surface area contributed by atoms with Crippen LogP contribution in [0, 0.1) is 13.8 Å². The van der Waals surface area contributed by atoms with Crippen molar-refractivity contribution in [3.8, 4) is 0 Å². The van der Waals surface area contributed by atoms with Gasteiger partial charge in [0.25, 0.3) is 0 Å². The normalized spacial score (nSPS) is 11.0. The summed E-state index contributed by atoms with van der Waals surface area (Å²) in [6, 6.07) is 4.20. The van der Waals surface area contributed by atoms with Crippen LogP contribution in [-0.4, -0.2) is 5.33 Å². The number of halogens is 1. The molecule has 70 valence electrons. The molecule has 0 saturated carbocycles. The van der Waals surface area contributed by atoms with E-state index in [2.05, 4.69) is 35.0 Å². The minimum absolute atomic E-state index is 0.861. The summed E-state index contributed by atoms with van der Waals surface area (Å²) in [5, 5.41) is 0.861. The molecule has 0 saturated heterocycles. The van der Waals surface area contributed by atoms with Crippen molar-refractivity contribution in [1.82, 2.24) is 0 Å². The molecule has 0 spiro atoms. The zero-order valence-corrected chi connectivity index (χ0v) is 9.56. The Morgan fingerprint density at radius 3 is 2.69 bits per heavy atom. The van der Waals surface area contributed by atoms with Crippen molar-refractivity contribution < 1.29 is 0 Å². The zero-order valence-electron chi connectivity index (χ0n) is 7.97. The van der Waals surface area contributed by atoms with Gasteiger partial charge in [-0.05, 0) is 31.0 Å². The molecular formula is C11H14BrN. The molecule has 0 aliphatic carbocycles. The van der Waals surface area contributed by atoms with Gasteiger partial charge >= 0.3 is 0 Å². The molecule has 1 nitrogen and oxygen atoms in total. The highest BCUT2D eigenvalue weighted by molar-refractivity contribution is 9.09. The lowest BCUT2D eigenvalue weighted by Crippen LogP contribution is -1.94. The Labute approximate surface area is 87.8 Å². The van der Waals surface area contributed by atoms with Gasteiger partial charge < -0.3 is 5.73 Å². The predicted molar refractivity (Wildman–Crippen MR) is 63.2 cm³/mol. The predicted octanol–water partition coefficient (Wildman–Crippen LogP) is 3.29. The maximum atomic E-state index is 5.93. The van der Waals surface area contributed by atoms with Gasteiger partial charge in [0.15, 0.2) is 0 Å². The van der Waals surface area contributed by atoms with E-state index in [-0.39, 0.29) is 0 Å². The van der Waals surface area contributed by atoms with E-state index in [0.29, 0.717) is 0 Å². The maximum Gasteiger partial charge on any atom is 0.0417 e. The van der Waals surface area contributed by atoms with E-state index in [1.54, 1.807) is 0 Å². The molecule has 0 aliphatic rings. The molecule has 0 aromatic heterocycles. The Balaban J connectivity index is 3.12. The summed E-state index contributed by atoms with van der Waals surface area (Å²) < 4.78 is 0. The van der Waals surface area contributed by atoms with E-state index in [0.717, 1.165) is 22.1 Å². The fourth-order valence-electron chi connectivity index (χ4n) is 1.32. The molecule has 0 radical (unpaired) electrons. The summed E-state index contributed by atoms with van der Waals surface area (Å²) >= 11 is 3.34. The third-order valence-electron chi connectivity index (χ3n) is 1.95. The number of rotatable bonds is 2. The van der Waals surface area contributed by atoms with Crippen molar-refractivity contribution in [2.45, 2.75) is 13.8 Å². The van der Waals surface area contributed by atoms with E-state index < -0.39 is 0 Å². The lowest BCUT2D eigenvalue weighted by atomic mass is 10.0. The van der Waals surface area contributed by atoms with E-state index >= 15 is 0 Å². The first-order valence-electron chi connectivity index (χ1n) is 4.24. The van der Waals surface area contributed by atoms with Gasteiger partial charge in [-0.15, -0.1) is 0 Å². The average molecular weight is 240 g/mol. The Morgan fingerprint density at radius 1 is 1.38 bits per heavy atom. The van der Waals surface area contributed by atoms with Crippen LogP contribution in [0.25, 0.3) is 6.08 Å². The molecule has 1 rings (SSSR count). The third-order valence-corrected chi connectivity index (χ3v) is 2.32. The molecule has 0 amide bonds. The quantitative estimate of drug-likeness (QED) is 0.623. The zero-order chi connectivity index (χ0) is 9.84. The Kier molecular flexibility index (Phi) is 3.55. The molecule has 1 aromatic carbocycles. The SMILES string of the molecule is Cc1cc(C)c(N)c(C=CCBr)c1. The van der Waals surface area contributed by atoms with Crippen LogP contribution < -0.4 is 5.73 Å². The second-order valence-corrected chi connectivity index (χ2v) is 3.79. The molecule has 0 bridgehead atoms. The standard InChI is InChI=1S/C11H14BrN/c1-8-6-9(2)11(13)10(7-8)4-3-5-12/h3-4,6-7H,5,13H2,1-2H3. The summed E-state index contributed by atoms with van der Waals surface area (Å²) in [6.07, 6.45) is 4.09. The largest absolute Gasteiger partial charge is 0.398 e. The van der Waals surface area contributed by atoms with Crippen molar-refractivity contribution in [3.63, 3.8) is 0 Å². The van der Waals surface area contributed by atoms with Gasteiger partial charge in [-0.3, -0.25) is 0 Å². The van der Waals surface area contributed by atoms with Crippen molar-refractivity contribution in [2.24, 2.45) is 0 Å². The van der Waals surface area contributed by atoms with Gasteiger partial charge in [0.1, 0.15) is 0 Å².